The Labute approximate surface area is 106 Å². The molecule has 3 rings (SSSR count). The molecule has 0 spiro atoms. The average Bonchev–Trinajstić information content (AvgIpc) is 3.04. The van der Waals surface area contributed by atoms with Crippen LogP contribution in [0.5, 0.6) is 0 Å². The Kier molecular flexibility index (Phi) is 3.32. The topological polar surface area (TPSA) is 67.0 Å². The first-order valence-corrected chi connectivity index (χ1v) is 6.79. The van der Waals surface area contributed by atoms with Gasteiger partial charge in [-0.25, -0.2) is 4.98 Å². The number of imidazole rings is 1. The third-order valence-electron chi connectivity index (χ3n) is 3.66. The lowest BCUT2D eigenvalue weighted by atomic mass is 10.0. The molecular formula is C13H19N3O2. The van der Waals surface area contributed by atoms with Crippen LogP contribution in [0.4, 0.5) is 0 Å². The second-order valence-electron chi connectivity index (χ2n) is 5.04. The van der Waals surface area contributed by atoms with E-state index in [0.717, 1.165) is 31.5 Å². The molecule has 2 heterocycles. The smallest absolute Gasteiger partial charge is 0.249 e. The van der Waals surface area contributed by atoms with Crippen molar-refractivity contribution in [2.45, 2.75) is 51.2 Å². The molecule has 0 saturated carbocycles. The molecule has 0 aromatic carbocycles. The van der Waals surface area contributed by atoms with Gasteiger partial charge in [-0.05, 0) is 38.5 Å². The van der Waals surface area contributed by atoms with Crippen LogP contribution in [0.3, 0.4) is 0 Å². The molecule has 0 bridgehead atoms. The summed E-state index contributed by atoms with van der Waals surface area (Å²) in [4.78, 5) is 19.6. The number of amides is 1. The molecule has 98 valence electrons. The zero-order valence-electron chi connectivity index (χ0n) is 10.5. The number of carbonyl (C=O) groups is 1. The van der Waals surface area contributed by atoms with E-state index in [2.05, 4.69) is 15.3 Å². The van der Waals surface area contributed by atoms with Crippen molar-refractivity contribution in [1.29, 1.82) is 0 Å². The number of carbonyl (C=O) groups excluding carboxylic acids is 1. The Bertz CT molecular complexity index is 412. The van der Waals surface area contributed by atoms with Gasteiger partial charge in [-0.1, -0.05) is 0 Å². The molecule has 1 fully saturated rings. The van der Waals surface area contributed by atoms with Crippen LogP contribution in [0.2, 0.25) is 0 Å². The quantitative estimate of drug-likeness (QED) is 0.842. The predicted molar refractivity (Wildman–Crippen MR) is 66.1 cm³/mol. The van der Waals surface area contributed by atoms with Gasteiger partial charge >= 0.3 is 0 Å². The molecule has 1 atom stereocenters. The van der Waals surface area contributed by atoms with Gasteiger partial charge in [-0.3, -0.25) is 4.79 Å². The number of rotatable bonds is 3. The van der Waals surface area contributed by atoms with Crippen molar-refractivity contribution in [2.75, 3.05) is 6.61 Å². The maximum atomic E-state index is 11.8. The Hall–Kier alpha value is -1.36. The highest BCUT2D eigenvalue weighted by atomic mass is 16.5. The third kappa shape index (κ3) is 2.41. The molecule has 5 heteroatoms. The molecule has 2 aliphatic rings. The van der Waals surface area contributed by atoms with Crippen molar-refractivity contribution in [3.05, 3.63) is 17.2 Å². The van der Waals surface area contributed by atoms with Crippen LogP contribution < -0.4 is 5.32 Å². The number of ether oxygens (including phenoxy) is 1. The Morgan fingerprint density at radius 1 is 1.39 bits per heavy atom. The fraction of sp³-hybridized carbons (Fsp3) is 0.692. The number of hydrogen-bond acceptors (Lipinski definition) is 3. The highest BCUT2D eigenvalue weighted by Gasteiger charge is 2.23. The van der Waals surface area contributed by atoms with E-state index in [9.17, 15) is 4.79 Å². The fourth-order valence-electron chi connectivity index (χ4n) is 2.67. The van der Waals surface area contributed by atoms with Crippen LogP contribution in [0.1, 0.15) is 42.9 Å². The lowest BCUT2D eigenvalue weighted by Gasteiger charge is -2.08. The van der Waals surface area contributed by atoms with E-state index in [-0.39, 0.29) is 12.0 Å². The Balaban J connectivity index is 1.56. The summed E-state index contributed by atoms with van der Waals surface area (Å²) >= 11 is 0. The summed E-state index contributed by atoms with van der Waals surface area (Å²) in [7, 11) is 0. The van der Waals surface area contributed by atoms with Crippen LogP contribution in [0.15, 0.2) is 0 Å². The van der Waals surface area contributed by atoms with Gasteiger partial charge in [0.05, 0.1) is 12.2 Å². The van der Waals surface area contributed by atoms with Gasteiger partial charge < -0.3 is 15.0 Å². The maximum absolute atomic E-state index is 11.8. The van der Waals surface area contributed by atoms with E-state index < -0.39 is 0 Å². The van der Waals surface area contributed by atoms with Gasteiger partial charge in [-0.15, -0.1) is 0 Å². The minimum Gasteiger partial charge on any atom is -0.368 e. The molecule has 2 N–H and O–H groups in total. The number of aromatic amines is 1. The molecule has 1 amide bonds. The number of nitrogens with one attached hydrogen (secondary N) is 2. The van der Waals surface area contributed by atoms with Crippen molar-refractivity contribution in [2.24, 2.45) is 0 Å². The zero-order valence-corrected chi connectivity index (χ0v) is 10.5. The van der Waals surface area contributed by atoms with E-state index in [1.54, 1.807) is 0 Å². The van der Waals surface area contributed by atoms with Crippen molar-refractivity contribution < 1.29 is 9.53 Å². The van der Waals surface area contributed by atoms with Crippen LogP contribution in [-0.4, -0.2) is 28.6 Å². The molecule has 1 aromatic heterocycles. The first kappa shape index (κ1) is 11.7. The van der Waals surface area contributed by atoms with E-state index in [1.165, 1.54) is 24.2 Å². The average molecular weight is 249 g/mol. The SMILES string of the molecule is O=C(NCc1nc2c([nH]1)CCCC2)C1CCCO1. The maximum Gasteiger partial charge on any atom is 0.249 e. The van der Waals surface area contributed by atoms with E-state index in [0.29, 0.717) is 13.2 Å². The van der Waals surface area contributed by atoms with E-state index >= 15 is 0 Å². The van der Waals surface area contributed by atoms with Gasteiger partial charge in [0.2, 0.25) is 5.91 Å². The Morgan fingerprint density at radius 2 is 2.28 bits per heavy atom. The highest BCUT2D eigenvalue weighted by molar-refractivity contribution is 5.80. The lowest BCUT2D eigenvalue weighted by molar-refractivity contribution is -0.130. The van der Waals surface area contributed by atoms with Crippen molar-refractivity contribution >= 4 is 5.91 Å². The number of fused-ring (bicyclic) bond motifs is 1. The molecule has 1 aliphatic heterocycles. The van der Waals surface area contributed by atoms with Gasteiger partial charge in [0, 0.05) is 12.3 Å². The normalized spacial score (nSPS) is 22.8. The second kappa shape index (κ2) is 5.10. The molecule has 0 radical (unpaired) electrons. The summed E-state index contributed by atoms with van der Waals surface area (Å²) in [5.41, 5.74) is 2.44. The number of aromatic nitrogens is 2. The molecule has 1 aliphatic carbocycles. The van der Waals surface area contributed by atoms with Crippen molar-refractivity contribution in [3.8, 4) is 0 Å². The summed E-state index contributed by atoms with van der Waals surface area (Å²) in [5.74, 6) is 0.857. The van der Waals surface area contributed by atoms with Gasteiger partial charge in [-0.2, -0.15) is 0 Å². The van der Waals surface area contributed by atoms with Crippen molar-refractivity contribution in [3.63, 3.8) is 0 Å². The number of nitrogens with zero attached hydrogens (tertiary/aromatic N) is 1. The van der Waals surface area contributed by atoms with E-state index in [1.807, 2.05) is 0 Å². The molecular weight excluding hydrogens is 230 g/mol. The zero-order chi connectivity index (χ0) is 12.4. The first-order chi connectivity index (χ1) is 8.83. The van der Waals surface area contributed by atoms with Crippen molar-refractivity contribution in [1.82, 2.24) is 15.3 Å². The van der Waals surface area contributed by atoms with Crippen LogP contribution in [-0.2, 0) is 28.9 Å². The van der Waals surface area contributed by atoms with Gasteiger partial charge in [0.15, 0.2) is 0 Å². The highest BCUT2D eigenvalue weighted by Crippen LogP contribution is 2.18. The number of hydrogen-bond donors (Lipinski definition) is 2. The van der Waals surface area contributed by atoms with E-state index in [4.69, 9.17) is 4.74 Å². The third-order valence-corrected chi connectivity index (χ3v) is 3.66. The molecule has 1 saturated heterocycles. The van der Waals surface area contributed by atoms with Crippen LogP contribution in [0, 0.1) is 0 Å². The second-order valence-corrected chi connectivity index (χ2v) is 5.04. The summed E-state index contributed by atoms with van der Waals surface area (Å²) < 4.78 is 5.34. The fourth-order valence-corrected chi connectivity index (χ4v) is 2.67. The summed E-state index contributed by atoms with van der Waals surface area (Å²) in [5, 5.41) is 2.89. The molecule has 18 heavy (non-hydrogen) atoms. The Morgan fingerprint density at radius 3 is 3.06 bits per heavy atom. The van der Waals surface area contributed by atoms with Gasteiger partial charge in [0.25, 0.3) is 0 Å². The largest absolute Gasteiger partial charge is 0.368 e. The lowest BCUT2D eigenvalue weighted by Crippen LogP contribution is -2.33. The predicted octanol–water partition coefficient (Wildman–Crippen LogP) is 1.08. The first-order valence-electron chi connectivity index (χ1n) is 6.79. The number of H-pyrrole nitrogens is 1. The molecule has 1 unspecified atom stereocenters. The summed E-state index contributed by atoms with van der Waals surface area (Å²) in [6.07, 6.45) is 6.16. The number of aryl methyl sites for hydroxylation is 2. The summed E-state index contributed by atoms with van der Waals surface area (Å²) in [6, 6.07) is 0. The molecule has 5 nitrogen and oxygen atoms in total. The van der Waals surface area contributed by atoms with Crippen LogP contribution >= 0.6 is 0 Å². The minimum atomic E-state index is -0.255. The monoisotopic (exact) mass is 249 g/mol. The standard InChI is InChI=1S/C13H19N3O2/c17-13(11-6-3-7-18-11)14-8-12-15-9-4-1-2-5-10(9)16-12/h11H,1-8H2,(H,14,17)(H,15,16). The molecule has 1 aromatic rings. The minimum absolute atomic E-state index is 0.0122. The van der Waals surface area contributed by atoms with Crippen LogP contribution in [0.25, 0.3) is 0 Å². The van der Waals surface area contributed by atoms with Gasteiger partial charge in [0.1, 0.15) is 11.9 Å². The summed E-state index contributed by atoms with van der Waals surface area (Å²) in [6.45, 7) is 1.18.